The predicted octanol–water partition coefficient (Wildman–Crippen LogP) is 4.75. The molecule has 4 nitrogen and oxygen atoms in total. The van der Waals surface area contributed by atoms with Crippen LogP contribution in [0.2, 0.25) is 0 Å². The number of sulfonamides is 1. The Morgan fingerprint density at radius 1 is 1.10 bits per heavy atom. The van der Waals surface area contributed by atoms with Crippen LogP contribution in [-0.4, -0.2) is 20.6 Å². The minimum atomic E-state index is -3.55. The van der Waals surface area contributed by atoms with Gasteiger partial charge < -0.3 is 4.74 Å². The number of hydrogen-bond acceptors (Lipinski definition) is 3. The molecule has 5 heteroatoms. The highest BCUT2D eigenvalue weighted by molar-refractivity contribution is 7.89. The molecule has 0 saturated heterocycles. The molecule has 1 aliphatic heterocycles. The molecule has 0 unspecified atom stereocenters. The van der Waals surface area contributed by atoms with Crippen molar-refractivity contribution in [3.8, 4) is 0 Å². The fraction of sp³-hybridized carbons (Fsp3) is 0.375. The van der Waals surface area contributed by atoms with Gasteiger partial charge >= 0.3 is 0 Å². The smallest absolute Gasteiger partial charge is 0.240 e. The second kappa shape index (κ2) is 7.92. The molecular weight excluding hydrogens is 382 g/mol. The van der Waals surface area contributed by atoms with Crippen molar-refractivity contribution in [2.75, 3.05) is 6.54 Å². The fourth-order valence-electron chi connectivity index (χ4n) is 4.21. The van der Waals surface area contributed by atoms with E-state index in [1.54, 1.807) is 24.3 Å². The van der Waals surface area contributed by atoms with Crippen LogP contribution < -0.4 is 4.72 Å². The molecule has 1 spiro atoms. The standard InChI is InChI=1S/C24H27NO3S/c1-18-9-11-21(12-10-18)29(26,27)25-16-19(2)15-23-22-8-4-3-7-20(22)17-28-24(23)13-5-6-14-24/h3-4,7-12,25H,5-6,13-14,16-17H2,1-2H3. The largest absolute Gasteiger partial charge is 0.365 e. The van der Waals surface area contributed by atoms with Gasteiger partial charge in [0.05, 0.1) is 11.5 Å². The summed E-state index contributed by atoms with van der Waals surface area (Å²) in [4.78, 5) is 0.280. The summed E-state index contributed by atoms with van der Waals surface area (Å²) in [5, 5.41) is 0. The van der Waals surface area contributed by atoms with Gasteiger partial charge in [0, 0.05) is 12.1 Å². The summed E-state index contributed by atoms with van der Waals surface area (Å²) in [6.45, 7) is 4.70. The first kappa shape index (κ1) is 20.1. The lowest BCUT2D eigenvalue weighted by molar-refractivity contribution is -0.0137. The highest BCUT2D eigenvalue weighted by Gasteiger charge is 2.42. The van der Waals surface area contributed by atoms with E-state index in [9.17, 15) is 8.42 Å². The van der Waals surface area contributed by atoms with Gasteiger partial charge in [-0.3, -0.25) is 0 Å². The molecule has 2 aliphatic rings. The van der Waals surface area contributed by atoms with E-state index in [4.69, 9.17) is 4.74 Å². The Labute approximate surface area is 173 Å². The number of rotatable bonds is 4. The van der Waals surface area contributed by atoms with Crippen LogP contribution in [0.1, 0.15) is 49.3 Å². The summed E-state index contributed by atoms with van der Waals surface area (Å²) in [5.74, 6) is 0. The van der Waals surface area contributed by atoms with E-state index in [2.05, 4.69) is 22.6 Å². The van der Waals surface area contributed by atoms with E-state index in [1.165, 1.54) is 11.1 Å². The number of ether oxygens (including phenoxy) is 1. The zero-order valence-corrected chi connectivity index (χ0v) is 17.8. The molecule has 29 heavy (non-hydrogen) atoms. The summed E-state index contributed by atoms with van der Waals surface area (Å²) in [5.41, 5.74) is 8.54. The molecule has 152 valence electrons. The van der Waals surface area contributed by atoms with Crippen LogP contribution >= 0.6 is 0 Å². The molecule has 1 fully saturated rings. The Hall–Kier alpha value is -2.17. The van der Waals surface area contributed by atoms with Crippen molar-refractivity contribution in [2.24, 2.45) is 0 Å². The van der Waals surface area contributed by atoms with Gasteiger partial charge in [-0.25, -0.2) is 13.1 Å². The summed E-state index contributed by atoms with van der Waals surface area (Å²) in [6.07, 6.45) is 4.27. The first-order valence-corrected chi connectivity index (χ1v) is 11.6. The molecule has 0 bridgehead atoms. The van der Waals surface area contributed by atoms with Gasteiger partial charge in [0.15, 0.2) is 0 Å². The first-order valence-electron chi connectivity index (χ1n) is 10.2. The highest BCUT2D eigenvalue weighted by atomic mass is 32.2. The predicted molar refractivity (Wildman–Crippen MR) is 115 cm³/mol. The number of hydrogen-bond donors (Lipinski definition) is 1. The Morgan fingerprint density at radius 3 is 2.52 bits per heavy atom. The van der Waals surface area contributed by atoms with E-state index in [0.29, 0.717) is 6.61 Å². The van der Waals surface area contributed by atoms with Crippen LogP contribution in [-0.2, 0) is 21.4 Å². The zero-order chi connectivity index (χ0) is 20.5. The molecular formula is C24H27NO3S. The normalized spacial score (nSPS) is 17.8. The lowest BCUT2D eigenvalue weighted by atomic mass is 9.82. The highest BCUT2D eigenvalue weighted by Crippen LogP contribution is 2.47. The van der Waals surface area contributed by atoms with Gasteiger partial charge in [-0.2, -0.15) is 0 Å². The third-order valence-electron chi connectivity index (χ3n) is 5.85. The Balaban J connectivity index is 1.65. The summed E-state index contributed by atoms with van der Waals surface area (Å²) < 4.78 is 34.3. The van der Waals surface area contributed by atoms with E-state index < -0.39 is 10.0 Å². The van der Waals surface area contributed by atoms with Crippen LogP contribution in [0, 0.1) is 6.92 Å². The Bertz CT molecular complexity index is 1070. The van der Waals surface area contributed by atoms with E-state index >= 15 is 0 Å². The molecule has 1 aliphatic carbocycles. The molecule has 2 aromatic carbocycles. The molecule has 0 amide bonds. The third-order valence-corrected chi connectivity index (χ3v) is 7.27. The molecule has 1 N–H and O–H groups in total. The maximum Gasteiger partial charge on any atom is 0.240 e. The molecule has 0 atom stereocenters. The monoisotopic (exact) mass is 409 g/mol. The van der Waals surface area contributed by atoms with Crippen molar-refractivity contribution < 1.29 is 13.2 Å². The molecule has 0 radical (unpaired) electrons. The van der Waals surface area contributed by atoms with Crippen molar-refractivity contribution >= 4 is 15.6 Å². The molecule has 0 aromatic heterocycles. The van der Waals surface area contributed by atoms with Gasteiger partial charge in [-0.05, 0) is 55.5 Å². The maximum absolute atomic E-state index is 12.6. The number of fused-ring (bicyclic) bond motifs is 1. The quantitative estimate of drug-likeness (QED) is 0.742. The average molecular weight is 410 g/mol. The second-order valence-corrected chi connectivity index (χ2v) is 9.83. The van der Waals surface area contributed by atoms with Gasteiger partial charge in [0.25, 0.3) is 0 Å². The topological polar surface area (TPSA) is 55.4 Å². The van der Waals surface area contributed by atoms with Crippen LogP contribution in [0.4, 0.5) is 0 Å². The minimum absolute atomic E-state index is 0.220. The fourth-order valence-corrected chi connectivity index (χ4v) is 5.27. The molecule has 1 heterocycles. The SMILES string of the molecule is CC(=C=C1c2ccccc2COC12CCCC2)CNS(=O)(=O)c1ccc(C)cc1. The lowest BCUT2D eigenvalue weighted by Gasteiger charge is -2.36. The number of aryl methyl sites for hydroxylation is 1. The van der Waals surface area contributed by atoms with Crippen molar-refractivity contribution in [1.29, 1.82) is 0 Å². The summed E-state index contributed by atoms with van der Waals surface area (Å²) in [7, 11) is -3.55. The van der Waals surface area contributed by atoms with E-state index in [-0.39, 0.29) is 17.0 Å². The molecule has 2 aromatic rings. The van der Waals surface area contributed by atoms with E-state index in [0.717, 1.165) is 42.4 Å². The van der Waals surface area contributed by atoms with E-state index in [1.807, 2.05) is 26.0 Å². The molecule has 4 rings (SSSR count). The van der Waals surface area contributed by atoms with Crippen molar-refractivity contribution in [3.63, 3.8) is 0 Å². The van der Waals surface area contributed by atoms with Gasteiger partial charge in [0.1, 0.15) is 5.60 Å². The van der Waals surface area contributed by atoms with Crippen LogP contribution in [0.25, 0.3) is 5.57 Å². The summed E-state index contributed by atoms with van der Waals surface area (Å²) >= 11 is 0. The van der Waals surface area contributed by atoms with Gasteiger partial charge in [0.2, 0.25) is 10.0 Å². The Morgan fingerprint density at radius 2 is 1.79 bits per heavy atom. The average Bonchev–Trinajstić information content (AvgIpc) is 3.19. The maximum atomic E-state index is 12.6. The van der Waals surface area contributed by atoms with Gasteiger partial charge in [-0.15, -0.1) is 5.73 Å². The number of nitrogens with one attached hydrogen (secondary N) is 1. The lowest BCUT2D eigenvalue weighted by Crippen LogP contribution is -2.34. The van der Waals surface area contributed by atoms with Crippen LogP contribution in [0.15, 0.2) is 64.7 Å². The second-order valence-electron chi connectivity index (χ2n) is 8.07. The first-order chi connectivity index (χ1) is 13.9. The zero-order valence-electron chi connectivity index (χ0n) is 17.0. The minimum Gasteiger partial charge on any atom is -0.365 e. The third kappa shape index (κ3) is 4.10. The molecule has 1 saturated carbocycles. The van der Waals surface area contributed by atoms with Crippen LogP contribution in [0.5, 0.6) is 0 Å². The number of benzene rings is 2. The van der Waals surface area contributed by atoms with Gasteiger partial charge in [-0.1, -0.05) is 54.8 Å². The van der Waals surface area contributed by atoms with Crippen LogP contribution in [0.3, 0.4) is 0 Å². The Kier molecular flexibility index (Phi) is 5.50. The van der Waals surface area contributed by atoms with Crippen molar-refractivity contribution in [3.05, 3.63) is 76.5 Å². The van der Waals surface area contributed by atoms with Crippen molar-refractivity contribution in [2.45, 2.75) is 56.6 Å². The van der Waals surface area contributed by atoms with Crippen molar-refractivity contribution in [1.82, 2.24) is 4.72 Å². The summed E-state index contributed by atoms with van der Waals surface area (Å²) in [6, 6.07) is 15.2.